The Labute approximate surface area is 100 Å². The maximum Gasteiger partial charge on any atom is 0.126 e. The Kier molecular flexibility index (Phi) is 3.76. The highest BCUT2D eigenvalue weighted by Gasteiger charge is 1.87. The summed E-state index contributed by atoms with van der Waals surface area (Å²) in [6.07, 6.45) is 6.99. The Bertz CT molecular complexity index is 496. The van der Waals surface area contributed by atoms with Gasteiger partial charge in [-0.25, -0.2) is 0 Å². The van der Waals surface area contributed by atoms with Gasteiger partial charge in [-0.15, -0.1) is 0 Å². The van der Waals surface area contributed by atoms with Crippen LogP contribution in [0.4, 0.5) is 5.69 Å². The molecule has 0 spiro atoms. The van der Waals surface area contributed by atoms with Crippen molar-refractivity contribution in [2.75, 3.05) is 5.43 Å². The van der Waals surface area contributed by atoms with Crippen LogP contribution in [-0.2, 0) is 0 Å². The SMILES string of the molecule is Cc1ccc(NN=C/C=C\c2ccco2)cc1. The molecule has 3 heteroatoms. The van der Waals surface area contributed by atoms with E-state index in [1.807, 2.05) is 48.6 Å². The lowest BCUT2D eigenvalue weighted by Gasteiger charge is -1.98. The molecule has 0 unspecified atom stereocenters. The largest absolute Gasteiger partial charge is 0.465 e. The fourth-order valence-electron chi connectivity index (χ4n) is 1.31. The molecule has 86 valence electrons. The van der Waals surface area contributed by atoms with Crippen molar-refractivity contribution in [3.8, 4) is 0 Å². The second kappa shape index (κ2) is 5.70. The van der Waals surface area contributed by atoms with E-state index in [1.165, 1.54) is 5.56 Å². The highest BCUT2D eigenvalue weighted by atomic mass is 16.3. The summed E-state index contributed by atoms with van der Waals surface area (Å²) in [6, 6.07) is 11.8. The lowest BCUT2D eigenvalue weighted by atomic mass is 10.2. The Morgan fingerprint density at radius 3 is 2.71 bits per heavy atom. The van der Waals surface area contributed by atoms with Crippen molar-refractivity contribution >= 4 is 18.0 Å². The van der Waals surface area contributed by atoms with Gasteiger partial charge in [0.1, 0.15) is 5.76 Å². The quantitative estimate of drug-likeness (QED) is 0.637. The third-order valence-corrected chi connectivity index (χ3v) is 2.21. The molecule has 17 heavy (non-hydrogen) atoms. The van der Waals surface area contributed by atoms with Crippen LogP contribution in [0, 0.1) is 6.92 Å². The van der Waals surface area contributed by atoms with Crippen molar-refractivity contribution in [1.29, 1.82) is 0 Å². The van der Waals surface area contributed by atoms with Crippen molar-refractivity contribution in [2.24, 2.45) is 5.10 Å². The van der Waals surface area contributed by atoms with E-state index < -0.39 is 0 Å². The van der Waals surface area contributed by atoms with Gasteiger partial charge in [0, 0.05) is 6.21 Å². The van der Waals surface area contributed by atoms with Gasteiger partial charge in [0.2, 0.25) is 0 Å². The summed E-state index contributed by atoms with van der Waals surface area (Å²) in [6.45, 7) is 2.05. The van der Waals surface area contributed by atoms with E-state index in [1.54, 1.807) is 12.5 Å². The molecule has 0 radical (unpaired) electrons. The highest BCUT2D eigenvalue weighted by molar-refractivity contribution is 5.78. The van der Waals surface area contributed by atoms with Crippen molar-refractivity contribution in [1.82, 2.24) is 0 Å². The summed E-state index contributed by atoms with van der Waals surface area (Å²) >= 11 is 0. The summed E-state index contributed by atoms with van der Waals surface area (Å²) in [5, 5.41) is 4.07. The number of aryl methyl sites for hydroxylation is 1. The number of rotatable bonds is 4. The van der Waals surface area contributed by atoms with Crippen molar-refractivity contribution < 1.29 is 4.42 Å². The van der Waals surface area contributed by atoms with Gasteiger partial charge in [0.05, 0.1) is 12.0 Å². The molecule has 0 amide bonds. The Hall–Kier alpha value is -2.29. The predicted octanol–water partition coefficient (Wildman–Crippen LogP) is 3.70. The van der Waals surface area contributed by atoms with Gasteiger partial charge < -0.3 is 4.42 Å². The molecule has 1 N–H and O–H groups in total. The molecule has 2 aromatic rings. The van der Waals surface area contributed by atoms with Gasteiger partial charge >= 0.3 is 0 Å². The molecule has 0 bridgehead atoms. The number of nitrogens with one attached hydrogen (secondary N) is 1. The minimum absolute atomic E-state index is 0.812. The molecule has 0 aliphatic carbocycles. The van der Waals surface area contributed by atoms with Crippen molar-refractivity contribution in [2.45, 2.75) is 6.92 Å². The van der Waals surface area contributed by atoms with Crippen LogP contribution >= 0.6 is 0 Å². The molecular weight excluding hydrogens is 212 g/mol. The zero-order valence-electron chi connectivity index (χ0n) is 9.63. The number of hydrazone groups is 1. The van der Waals surface area contributed by atoms with Crippen LogP contribution in [0.25, 0.3) is 6.08 Å². The minimum atomic E-state index is 0.812. The summed E-state index contributed by atoms with van der Waals surface area (Å²) in [5.74, 6) is 0.812. The van der Waals surface area contributed by atoms with Crippen molar-refractivity contribution in [3.63, 3.8) is 0 Å². The third-order valence-electron chi connectivity index (χ3n) is 2.21. The maximum absolute atomic E-state index is 5.14. The van der Waals surface area contributed by atoms with E-state index in [0.717, 1.165) is 11.4 Å². The van der Waals surface area contributed by atoms with Crippen LogP contribution < -0.4 is 5.43 Å². The van der Waals surface area contributed by atoms with Crippen molar-refractivity contribution in [3.05, 3.63) is 60.1 Å². The van der Waals surface area contributed by atoms with Crippen LogP contribution in [0.1, 0.15) is 11.3 Å². The number of furan rings is 1. The van der Waals surface area contributed by atoms with E-state index >= 15 is 0 Å². The van der Waals surface area contributed by atoms with E-state index in [4.69, 9.17) is 4.42 Å². The Morgan fingerprint density at radius 2 is 2.00 bits per heavy atom. The van der Waals surface area contributed by atoms with Crippen LogP contribution in [-0.4, -0.2) is 6.21 Å². The first-order chi connectivity index (χ1) is 8.34. The summed E-state index contributed by atoms with van der Waals surface area (Å²) in [7, 11) is 0. The summed E-state index contributed by atoms with van der Waals surface area (Å²) in [5.41, 5.74) is 5.14. The molecular formula is C14H14N2O. The molecule has 1 heterocycles. The highest BCUT2D eigenvalue weighted by Crippen LogP contribution is 2.07. The fraction of sp³-hybridized carbons (Fsp3) is 0.0714. The lowest BCUT2D eigenvalue weighted by Crippen LogP contribution is -1.87. The van der Waals surface area contributed by atoms with Gasteiger partial charge in [-0.1, -0.05) is 17.7 Å². The van der Waals surface area contributed by atoms with E-state index in [9.17, 15) is 0 Å². The number of anilines is 1. The maximum atomic E-state index is 5.14. The molecule has 0 atom stereocenters. The molecule has 2 rings (SSSR count). The predicted molar refractivity (Wildman–Crippen MR) is 71.0 cm³/mol. The summed E-state index contributed by atoms with van der Waals surface area (Å²) < 4.78 is 5.14. The first-order valence-electron chi connectivity index (χ1n) is 5.40. The van der Waals surface area contributed by atoms with E-state index in [-0.39, 0.29) is 0 Å². The molecule has 0 aliphatic rings. The second-order valence-electron chi connectivity index (χ2n) is 3.63. The molecule has 3 nitrogen and oxygen atoms in total. The second-order valence-corrected chi connectivity index (χ2v) is 3.63. The first kappa shape index (κ1) is 11.2. The average molecular weight is 226 g/mol. The number of nitrogens with zero attached hydrogens (tertiary/aromatic N) is 1. The van der Waals surface area contributed by atoms with Crippen LogP contribution in [0.5, 0.6) is 0 Å². The number of hydrogen-bond acceptors (Lipinski definition) is 3. The molecule has 0 saturated carbocycles. The smallest absolute Gasteiger partial charge is 0.126 e. The van der Waals surface area contributed by atoms with Gasteiger partial charge in [-0.05, 0) is 43.3 Å². The molecule has 0 saturated heterocycles. The van der Waals surface area contributed by atoms with Gasteiger partial charge in [-0.3, -0.25) is 5.43 Å². The standard InChI is InChI=1S/C14H14N2O/c1-12-6-8-13(9-7-12)16-15-10-2-4-14-5-3-11-17-14/h2-11,16H,1H3/b4-2-,15-10?. The monoisotopic (exact) mass is 226 g/mol. The molecule has 0 fully saturated rings. The summed E-state index contributed by atoms with van der Waals surface area (Å²) in [4.78, 5) is 0. The minimum Gasteiger partial charge on any atom is -0.465 e. The zero-order valence-corrected chi connectivity index (χ0v) is 9.63. The average Bonchev–Trinajstić information content (AvgIpc) is 2.84. The molecule has 0 aliphatic heterocycles. The number of benzene rings is 1. The van der Waals surface area contributed by atoms with Crippen LogP contribution in [0.3, 0.4) is 0 Å². The van der Waals surface area contributed by atoms with E-state index in [2.05, 4.69) is 17.5 Å². The van der Waals surface area contributed by atoms with Gasteiger partial charge in [0.25, 0.3) is 0 Å². The van der Waals surface area contributed by atoms with Gasteiger partial charge in [-0.2, -0.15) is 5.10 Å². The third kappa shape index (κ3) is 3.65. The Balaban J connectivity index is 1.84. The zero-order chi connectivity index (χ0) is 11.9. The van der Waals surface area contributed by atoms with E-state index in [0.29, 0.717) is 0 Å². The topological polar surface area (TPSA) is 37.5 Å². The number of allylic oxidation sites excluding steroid dienone is 1. The Morgan fingerprint density at radius 1 is 1.18 bits per heavy atom. The van der Waals surface area contributed by atoms with Gasteiger partial charge in [0.15, 0.2) is 0 Å². The number of hydrogen-bond donors (Lipinski definition) is 1. The first-order valence-corrected chi connectivity index (χ1v) is 5.40. The molecule has 1 aromatic heterocycles. The van der Waals surface area contributed by atoms with Crippen LogP contribution in [0.15, 0.2) is 58.3 Å². The fourth-order valence-corrected chi connectivity index (χ4v) is 1.31. The normalized spacial score (nSPS) is 11.4. The lowest BCUT2D eigenvalue weighted by molar-refractivity contribution is 0.557. The molecule has 1 aromatic carbocycles. The van der Waals surface area contributed by atoms with Crippen LogP contribution in [0.2, 0.25) is 0 Å².